The molecule has 0 fully saturated rings. The van der Waals surface area contributed by atoms with E-state index in [1.807, 2.05) is 63.2 Å². The highest BCUT2D eigenvalue weighted by molar-refractivity contribution is 6.34. The van der Waals surface area contributed by atoms with Crippen LogP contribution in [0.2, 0.25) is 10.0 Å². The maximum Gasteiger partial charge on any atom is 0.295 e. The lowest BCUT2D eigenvalue weighted by Crippen LogP contribution is -2.15. The first-order valence-corrected chi connectivity index (χ1v) is 10.5. The fourth-order valence-corrected chi connectivity index (χ4v) is 3.68. The summed E-state index contributed by atoms with van der Waals surface area (Å²) in [5, 5.41) is 8.38. The highest BCUT2D eigenvalue weighted by Crippen LogP contribution is 2.27. The SMILES string of the molecule is Cc1ccc(-n2nc(C(=O)Nc3c(C)cccc3Cl)nc2-c2cccc(Cl)c2)cc1C. The van der Waals surface area contributed by atoms with E-state index in [2.05, 4.69) is 15.4 Å². The van der Waals surface area contributed by atoms with E-state index in [1.54, 1.807) is 22.9 Å². The molecule has 0 spiro atoms. The first kappa shape index (κ1) is 21.1. The van der Waals surface area contributed by atoms with Crippen LogP contribution in [0.1, 0.15) is 27.3 Å². The Morgan fingerprint density at radius 1 is 0.903 bits per heavy atom. The predicted octanol–water partition coefficient (Wildman–Crippen LogP) is 6.42. The van der Waals surface area contributed by atoms with Crippen molar-refractivity contribution in [3.63, 3.8) is 0 Å². The summed E-state index contributed by atoms with van der Waals surface area (Å²) < 4.78 is 1.66. The summed E-state index contributed by atoms with van der Waals surface area (Å²) in [4.78, 5) is 17.5. The Bertz CT molecular complexity index is 1280. The highest BCUT2D eigenvalue weighted by atomic mass is 35.5. The van der Waals surface area contributed by atoms with Crippen molar-refractivity contribution in [2.24, 2.45) is 0 Å². The van der Waals surface area contributed by atoms with Gasteiger partial charge in [-0.15, -0.1) is 5.10 Å². The summed E-state index contributed by atoms with van der Waals surface area (Å²) in [6, 6.07) is 18.7. The maximum absolute atomic E-state index is 13.0. The van der Waals surface area contributed by atoms with E-state index in [1.165, 1.54) is 5.56 Å². The minimum absolute atomic E-state index is 0.0347. The van der Waals surface area contributed by atoms with Crippen LogP contribution in [0.15, 0.2) is 60.7 Å². The van der Waals surface area contributed by atoms with E-state index in [-0.39, 0.29) is 5.82 Å². The lowest BCUT2D eigenvalue weighted by atomic mass is 10.1. The van der Waals surface area contributed by atoms with Crippen molar-refractivity contribution in [1.82, 2.24) is 14.8 Å². The smallest absolute Gasteiger partial charge is 0.295 e. The standard InChI is InChI=1S/C24H20Cl2N4O/c1-14-10-11-19(12-16(14)3)30-23(17-7-5-8-18(25)13-17)28-22(29-30)24(31)27-21-15(2)6-4-9-20(21)26/h4-13H,1-3H3,(H,27,31). The normalized spacial score (nSPS) is 10.9. The maximum atomic E-state index is 13.0. The van der Waals surface area contributed by atoms with Crippen LogP contribution in [0, 0.1) is 20.8 Å². The van der Waals surface area contributed by atoms with E-state index in [4.69, 9.17) is 23.2 Å². The number of amides is 1. The third-order valence-corrected chi connectivity index (χ3v) is 5.64. The van der Waals surface area contributed by atoms with Crippen molar-refractivity contribution in [3.05, 3.63) is 93.2 Å². The monoisotopic (exact) mass is 450 g/mol. The van der Waals surface area contributed by atoms with Crippen molar-refractivity contribution < 1.29 is 4.79 Å². The van der Waals surface area contributed by atoms with Gasteiger partial charge < -0.3 is 5.32 Å². The Kier molecular flexibility index (Phi) is 5.81. The van der Waals surface area contributed by atoms with Gasteiger partial charge in [0.05, 0.1) is 16.4 Å². The van der Waals surface area contributed by atoms with Gasteiger partial charge in [0.1, 0.15) is 0 Å². The number of hydrogen-bond donors (Lipinski definition) is 1. The number of rotatable bonds is 4. The second-order valence-electron chi connectivity index (χ2n) is 7.34. The molecule has 0 aliphatic carbocycles. The molecule has 0 unspecified atom stereocenters. The first-order valence-electron chi connectivity index (χ1n) is 9.70. The van der Waals surface area contributed by atoms with Gasteiger partial charge in [-0.25, -0.2) is 9.67 Å². The molecule has 1 aromatic heterocycles. The van der Waals surface area contributed by atoms with Crippen molar-refractivity contribution in [1.29, 1.82) is 0 Å². The van der Waals surface area contributed by atoms with Crippen LogP contribution in [0.25, 0.3) is 17.1 Å². The molecule has 5 nitrogen and oxygen atoms in total. The lowest BCUT2D eigenvalue weighted by molar-refractivity contribution is 0.101. The molecule has 0 atom stereocenters. The highest BCUT2D eigenvalue weighted by Gasteiger charge is 2.20. The van der Waals surface area contributed by atoms with Gasteiger partial charge in [-0.3, -0.25) is 4.79 Å². The zero-order valence-electron chi connectivity index (χ0n) is 17.3. The predicted molar refractivity (Wildman–Crippen MR) is 125 cm³/mol. The number of para-hydroxylation sites is 1. The number of aromatic nitrogens is 3. The minimum Gasteiger partial charge on any atom is -0.318 e. The molecule has 1 heterocycles. The fraction of sp³-hybridized carbons (Fsp3) is 0.125. The number of carbonyl (C=O) groups is 1. The van der Waals surface area contributed by atoms with Gasteiger partial charge in [0.2, 0.25) is 5.82 Å². The summed E-state index contributed by atoms with van der Waals surface area (Å²) in [6.45, 7) is 5.95. The van der Waals surface area contributed by atoms with Gasteiger partial charge in [0.25, 0.3) is 5.91 Å². The van der Waals surface area contributed by atoms with E-state index < -0.39 is 5.91 Å². The second kappa shape index (κ2) is 8.53. The van der Waals surface area contributed by atoms with Crippen LogP contribution in [-0.2, 0) is 0 Å². The molecule has 4 rings (SSSR count). The number of carbonyl (C=O) groups excluding carboxylic acids is 1. The van der Waals surface area contributed by atoms with Crippen LogP contribution >= 0.6 is 23.2 Å². The van der Waals surface area contributed by atoms with Crippen molar-refractivity contribution in [3.8, 4) is 17.1 Å². The molecule has 1 N–H and O–H groups in total. The van der Waals surface area contributed by atoms with Crippen molar-refractivity contribution in [2.45, 2.75) is 20.8 Å². The third-order valence-electron chi connectivity index (χ3n) is 5.09. The molecule has 156 valence electrons. The number of halogens is 2. The first-order chi connectivity index (χ1) is 14.8. The summed E-state index contributed by atoms with van der Waals surface area (Å²) in [5.74, 6) is 0.112. The van der Waals surface area contributed by atoms with Gasteiger partial charge in [0, 0.05) is 10.6 Å². The Balaban J connectivity index is 1.81. The largest absolute Gasteiger partial charge is 0.318 e. The molecule has 3 aromatic carbocycles. The zero-order valence-corrected chi connectivity index (χ0v) is 18.8. The number of anilines is 1. The van der Waals surface area contributed by atoms with Crippen molar-refractivity contribution >= 4 is 34.8 Å². The quantitative estimate of drug-likeness (QED) is 0.390. The molecule has 1 amide bonds. The van der Waals surface area contributed by atoms with Crippen LogP contribution < -0.4 is 5.32 Å². The van der Waals surface area contributed by atoms with Crippen LogP contribution in [0.5, 0.6) is 0 Å². The fourth-order valence-electron chi connectivity index (χ4n) is 3.22. The Morgan fingerprint density at radius 3 is 2.39 bits per heavy atom. The number of nitrogens with one attached hydrogen (secondary N) is 1. The number of aryl methyl sites for hydroxylation is 3. The molecule has 4 aromatic rings. The zero-order chi connectivity index (χ0) is 22.1. The van der Waals surface area contributed by atoms with E-state index in [0.717, 1.165) is 22.4 Å². The Labute approximate surface area is 190 Å². The van der Waals surface area contributed by atoms with Crippen LogP contribution in [0.4, 0.5) is 5.69 Å². The molecule has 7 heteroatoms. The summed E-state index contributed by atoms with van der Waals surface area (Å²) >= 11 is 12.5. The molecular weight excluding hydrogens is 431 g/mol. The van der Waals surface area contributed by atoms with Gasteiger partial charge in [-0.05, 0) is 67.8 Å². The Hall–Kier alpha value is -3.15. The average molecular weight is 451 g/mol. The van der Waals surface area contributed by atoms with Crippen molar-refractivity contribution in [2.75, 3.05) is 5.32 Å². The van der Waals surface area contributed by atoms with Gasteiger partial charge in [-0.2, -0.15) is 0 Å². The van der Waals surface area contributed by atoms with Gasteiger partial charge >= 0.3 is 0 Å². The lowest BCUT2D eigenvalue weighted by Gasteiger charge is -2.09. The van der Waals surface area contributed by atoms with E-state index in [0.29, 0.717) is 21.6 Å². The molecule has 0 saturated carbocycles. The topological polar surface area (TPSA) is 59.8 Å². The summed E-state index contributed by atoms with van der Waals surface area (Å²) in [5.41, 5.74) is 5.23. The summed E-state index contributed by atoms with van der Waals surface area (Å²) in [6.07, 6.45) is 0. The van der Waals surface area contributed by atoms with Crippen LogP contribution in [-0.4, -0.2) is 20.7 Å². The van der Waals surface area contributed by atoms with E-state index >= 15 is 0 Å². The average Bonchev–Trinajstić information content (AvgIpc) is 3.18. The number of benzene rings is 3. The molecular formula is C24H20Cl2N4O. The molecule has 31 heavy (non-hydrogen) atoms. The Morgan fingerprint density at radius 2 is 1.68 bits per heavy atom. The van der Waals surface area contributed by atoms with Gasteiger partial charge in [-0.1, -0.05) is 53.5 Å². The number of hydrogen-bond acceptors (Lipinski definition) is 3. The molecule has 0 saturated heterocycles. The minimum atomic E-state index is -0.443. The third kappa shape index (κ3) is 4.33. The van der Waals surface area contributed by atoms with E-state index in [9.17, 15) is 4.79 Å². The molecule has 0 bridgehead atoms. The second-order valence-corrected chi connectivity index (χ2v) is 8.18. The molecule has 0 radical (unpaired) electrons. The molecule has 0 aliphatic rings. The van der Waals surface area contributed by atoms with Gasteiger partial charge in [0.15, 0.2) is 5.82 Å². The van der Waals surface area contributed by atoms with Crippen LogP contribution in [0.3, 0.4) is 0 Å². The molecule has 0 aliphatic heterocycles. The summed E-state index contributed by atoms with van der Waals surface area (Å²) in [7, 11) is 0. The number of nitrogens with zero attached hydrogens (tertiary/aromatic N) is 3.